The van der Waals surface area contributed by atoms with Crippen molar-refractivity contribution < 1.29 is 8.42 Å². The first kappa shape index (κ1) is 15.7. The largest absolute Gasteiger partial charge is 0.313 e. The fraction of sp³-hybridized carbons (Fsp3) is 0.500. The fourth-order valence-corrected chi connectivity index (χ4v) is 3.01. The highest BCUT2D eigenvalue weighted by molar-refractivity contribution is 7.89. The molecule has 0 amide bonds. The average molecular weight is 312 g/mol. The molecule has 0 bridgehead atoms. The molecule has 0 unspecified atom stereocenters. The summed E-state index contributed by atoms with van der Waals surface area (Å²) in [6.07, 6.45) is 3.18. The molecule has 2 heterocycles. The number of rotatable bonds is 7. The van der Waals surface area contributed by atoms with E-state index < -0.39 is 10.0 Å². The van der Waals surface area contributed by atoms with E-state index in [0.717, 1.165) is 17.8 Å². The lowest BCUT2D eigenvalue weighted by atomic mass is 10.3. The van der Waals surface area contributed by atoms with Crippen LogP contribution < -0.4 is 10.0 Å². The van der Waals surface area contributed by atoms with Gasteiger partial charge >= 0.3 is 0 Å². The van der Waals surface area contributed by atoms with Crippen LogP contribution in [0.15, 0.2) is 17.4 Å². The molecule has 2 aromatic rings. The molecule has 116 valence electrons. The molecule has 8 nitrogen and oxygen atoms in total. The van der Waals surface area contributed by atoms with E-state index in [1.54, 1.807) is 10.9 Å². The first-order chi connectivity index (χ1) is 9.95. The van der Waals surface area contributed by atoms with Gasteiger partial charge < -0.3 is 5.32 Å². The predicted octanol–water partition coefficient (Wildman–Crippen LogP) is 0.0396. The number of aromatic amines is 1. The first-order valence-corrected chi connectivity index (χ1v) is 8.14. The van der Waals surface area contributed by atoms with Gasteiger partial charge in [0.1, 0.15) is 0 Å². The summed E-state index contributed by atoms with van der Waals surface area (Å²) in [4.78, 5) is 0. The average Bonchev–Trinajstić information content (AvgIpc) is 3.04. The van der Waals surface area contributed by atoms with Gasteiger partial charge in [-0.1, -0.05) is 6.92 Å². The summed E-state index contributed by atoms with van der Waals surface area (Å²) in [6.45, 7) is 5.25. The van der Waals surface area contributed by atoms with E-state index >= 15 is 0 Å². The predicted molar refractivity (Wildman–Crippen MR) is 77.9 cm³/mol. The van der Waals surface area contributed by atoms with Crippen molar-refractivity contribution in [1.29, 1.82) is 0 Å². The van der Waals surface area contributed by atoms with Crippen molar-refractivity contribution in [2.45, 2.75) is 32.0 Å². The maximum absolute atomic E-state index is 12.3. The quantitative estimate of drug-likeness (QED) is 0.669. The molecule has 0 fully saturated rings. The van der Waals surface area contributed by atoms with Gasteiger partial charge in [-0.05, 0) is 13.5 Å². The van der Waals surface area contributed by atoms with E-state index in [1.807, 2.05) is 20.9 Å². The number of hydrogen-bond acceptors (Lipinski definition) is 5. The van der Waals surface area contributed by atoms with Crippen LogP contribution in [0, 0.1) is 6.92 Å². The van der Waals surface area contributed by atoms with Crippen LogP contribution >= 0.6 is 0 Å². The molecule has 3 N–H and O–H groups in total. The zero-order valence-electron chi connectivity index (χ0n) is 12.3. The highest BCUT2D eigenvalue weighted by Crippen LogP contribution is 2.13. The van der Waals surface area contributed by atoms with Gasteiger partial charge in [0, 0.05) is 37.0 Å². The van der Waals surface area contributed by atoms with Crippen molar-refractivity contribution in [3.8, 4) is 0 Å². The lowest BCUT2D eigenvalue weighted by Gasteiger charge is -2.07. The molecular formula is C12H20N6O2S. The Morgan fingerprint density at radius 3 is 2.67 bits per heavy atom. The summed E-state index contributed by atoms with van der Waals surface area (Å²) in [5, 5.41) is 13.6. The van der Waals surface area contributed by atoms with Crippen LogP contribution in [0.25, 0.3) is 0 Å². The molecule has 0 aliphatic carbocycles. The Morgan fingerprint density at radius 1 is 1.29 bits per heavy atom. The second-order valence-electron chi connectivity index (χ2n) is 4.71. The number of nitrogens with one attached hydrogen (secondary N) is 3. The zero-order chi connectivity index (χ0) is 15.5. The minimum Gasteiger partial charge on any atom is -0.313 e. The molecule has 0 atom stereocenters. The SMILES string of the molecule is CCNCc1cn[nH]c1S(=O)(=O)NCc1cnn(C)c1C. The Balaban J connectivity index is 2.12. The maximum atomic E-state index is 12.3. The highest BCUT2D eigenvalue weighted by Gasteiger charge is 2.20. The lowest BCUT2D eigenvalue weighted by Crippen LogP contribution is -2.25. The van der Waals surface area contributed by atoms with Crippen molar-refractivity contribution >= 4 is 10.0 Å². The highest BCUT2D eigenvalue weighted by atomic mass is 32.2. The lowest BCUT2D eigenvalue weighted by molar-refractivity contribution is 0.574. The number of H-pyrrole nitrogens is 1. The number of nitrogens with zero attached hydrogens (tertiary/aromatic N) is 3. The van der Waals surface area contributed by atoms with Crippen LogP contribution in [0.2, 0.25) is 0 Å². The van der Waals surface area contributed by atoms with E-state index in [4.69, 9.17) is 0 Å². The first-order valence-electron chi connectivity index (χ1n) is 6.65. The third kappa shape index (κ3) is 3.49. The summed E-state index contributed by atoms with van der Waals surface area (Å²) in [7, 11) is -1.81. The van der Waals surface area contributed by atoms with Crippen molar-refractivity contribution in [2.75, 3.05) is 6.54 Å². The van der Waals surface area contributed by atoms with Crippen molar-refractivity contribution in [1.82, 2.24) is 30.0 Å². The minimum atomic E-state index is -3.63. The van der Waals surface area contributed by atoms with Crippen LogP contribution in [0.5, 0.6) is 0 Å². The molecule has 0 radical (unpaired) electrons. The van der Waals surface area contributed by atoms with E-state index in [0.29, 0.717) is 12.1 Å². The Bertz CT molecular complexity index is 703. The van der Waals surface area contributed by atoms with Crippen LogP contribution in [0.4, 0.5) is 0 Å². The molecular weight excluding hydrogens is 292 g/mol. The van der Waals surface area contributed by atoms with Crippen LogP contribution in [0.1, 0.15) is 23.7 Å². The number of hydrogen-bond donors (Lipinski definition) is 3. The molecule has 21 heavy (non-hydrogen) atoms. The van der Waals surface area contributed by atoms with Crippen LogP contribution in [-0.2, 0) is 30.2 Å². The van der Waals surface area contributed by atoms with E-state index in [2.05, 4.69) is 25.3 Å². The van der Waals surface area contributed by atoms with Gasteiger partial charge in [-0.15, -0.1) is 0 Å². The van der Waals surface area contributed by atoms with Gasteiger partial charge in [0.05, 0.1) is 12.4 Å². The third-order valence-corrected chi connectivity index (χ3v) is 4.72. The van der Waals surface area contributed by atoms with E-state index in [1.165, 1.54) is 6.20 Å². The molecule has 0 spiro atoms. The standard InChI is InChI=1S/C12H20N6O2S/c1-4-13-5-11-6-14-17-12(11)21(19,20)16-8-10-7-15-18(3)9(10)2/h6-7,13,16H,4-5,8H2,1-3H3,(H,14,17). The van der Waals surface area contributed by atoms with Gasteiger partial charge in [-0.25, -0.2) is 13.1 Å². The van der Waals surface area contributed by atoms with Gasteiger partial charge in [0.15, 0.2) is 5.03 Å². The van der Waals surface area contributed by atoms with Gasteiger partial charge in [0.2, 0.25) is 0 Å². The summed E-state index contributed by atoms with van der Waals surface area (Å²) in [5.41, 5.74) is 2.39. The molecule has 0 saturated heterocycles. The Kier molecular flexibility index (Phi) is 4.76. The third-order valence-electron chi connectivity index (χ3n) is 3.30. The van der Waals surface area contributed by atoms with Gasteiger partial charge in [-0.2, -0.15) is 10.2 Å². The second kappa shape index (κ2) is 6.37. The van der Waals surface area contributed by atoms with E-state index in [9.17, 15) is 8.42 Å². The zero-order valence-corrected chi connectivity index (χ0v) is 13.2. The Morgan fingerprint density at radius 2 is 2.05 bits per heavy atom. The monoisotopic (exact) mass is 312 g/mol. The molecule has 9 heteroatoms. The maximum Gasteiger partial charge on any atom is 0.258 e. The van der Waals surface area contributed by atoms with Crippen molar-refractivity contribution in [3.63, 3.8) is 0 Å². The van der Waals surface area contributed by atoms with Gasteiger partial charge in [0.25, 0.3) is 10.0 Å². The molecule has 0 aliphatic heterocycles. The van der Waals surface area contributed by atoms with Crippen LogP contribution in [0.3, 0.4) is 0 Å². The molecule has 2 rings (SSSR count). The van der Waals surface area contributed by atoms with Gasteiger partial charge in [-0.3, -0.25) is 9.78 Å². The van der Waals surface area contributed by atoms with Crippen LogP contribution in [-0.4, -0.2) is 34.9 Å². The van der Waals surface area contributed by atoms with E-state index in [-0.39, 0.29) is 11.6 Å². The topological polar surface area (TPSA) is 105 Å². The number of aryl methyl sites for hydroxylation is 1. The summed E-state index contributed by atoms with van der Waals surface area (Å²) < 4.78 is 28.9. The summed E-state index contributed by atoms with van der Waals surface area (Å²) >= 11 is 0. The number of aromatic nitrogens is 4. The second-order valence-corrected chi connectivity index (χ2v) is 6.41. The smallest absolute Gasteiger partial charge is 0.258 e. The summed E-state index contributed by atoms with van der Waals surface area (Å²) in [6, 6.07) is 0. The fourth-order valence-electron chi connectivity index (χ4n) is 1.88. The normalized spacial score (nSPS) is 12.0. The Labute approximate surface area is 124 Å². The molecule has 0 aliphatic rings. The number of sulfonamides is 1. The minimum absolute atomic E-state index is 0.102. The molecule has 0 saturated carbocycles. The molecule has 0 aromatic carbocycles. The summed E-state index contributed by atoms with van der Waals surface area (Å²) in [5.74, 6) is 0. The molecule has 2 aromatic heterocycles. The van der Waals surface area contributed by atoms with Crippen molar-refractivity contribution in [2.24, 2.45) is 7.05 Å². The Hall–Kier alpha value is -1.71. The van der Waals surface area contributed by atoms with Crippen molar-refractivity contribution in [3.05, 3.63) is 29.2 Å².